The van der Waals surface area contributed by atoms with Crippen LogP contribution < -0.4 is 5.32 Å². The molecule has 0 spiro atoms. The Morgan fingerprint density at radius 3 is 2.48 bits per heavy atom. The zero-order valence-corrected chi connectivity index (χ0v) is 11.6. The average Bonchev–Trinajstić information content (AvgIpc) is 2.43. The fourth-order valence-corrected chi connectivity index (χ4v) is 1.82. The number of hydrogen-bond donors (Lipinski definition) is 1. The van der Waals surface area contributed by atoms with Gasteiger partial charge in [-0.3, -0.25) is 4.79 Å². The third-order valence-corrected chi connectivity index (χ3v) is 3.20. The number of aromatic nitrogens is 2. The minimum atomic E-state index is -4.65. The molecule has 1 aromatic heterocycles. The largest absolute Gasteiger partial charge is 0.417 e. The standard InChI is InChI=1S/C12H6Cl2F3N3O/c13-8-9(14)18-5-19-10(8)20-11(21)6-3-1-2-4-7(6)12(15,16)17/h1-5H,(H,18,19,20,21). The van der Waals surface area contributed by atoms with E-state index in [1.54, 1.807) is 0 Å². The van der Waals surface area contributed by atoms with Crippen LogP contribution in [-0.2, 0) is 6.18 Å². The van der Waals surface area contributed by atoms with Gasteiger partial charge in [0.25, 0.3) is 5.91 Å². The van der Waals surface area contributed by atoms with Crippen LogP contribution in [0.4, 0.5) is 19.0 Å². The Labute approximate surface area is 126 Å². The molecular weight excluding hydrogens is 330 g/mol. The SMILES string of the molecule is O=C(Nc1ncnc(Cl)c1Cl)c1ccccc1C(F)(F)F. The fraction of sp³-hybridized carbons (Fsp3) is 0.0833. The third kappa shape index (κ3) is 3.43. The number of benzene rings is 1. The molecule has 1 amide bonds. The van der Waals surface area contributed by atoms with Crippen LogP contribution in [-0.4, -0.2) is 15.9 Å². The number of amides is 1. The second-order valence-electron chi connectivity index (χ2n) is 3.82. The average molecular weight is 336 g/mol. The zero-order valence-electron chi connectivity index (χ0n) is 10.1. The van der Waals surface area contributed by atoms with Crippen LogP contribution in [0, 0.1) is 0 Å². The van der Waals surface area contributed by atoms with E-state index in [0.29, 0.717) is 0 Å². The number of rotatable bonds is 2. The van der Waals surface area contributed by atoms with E-state index in [4.69, 9.17) is 23.2 Å². The fourth-order valence-electron chi connectivity index (χ4n) is 1.54. The lowest BCUT2D eigenvalue weighted by molar-refractivity contribution is -0.137. The smallest absolute Gasteiger partial charge is 0.305 e. The second-order valence-corrected chi connectivity index (χ2v) is 4.56. The number of nitrogens with one attached hydrogen (secondary N) is 1. The Morgan fingerprint density at radius 1 is 1.14 bits per heavy atom. The van der Waals surface area contributed by atoms with Gasteiger partial charge in [0.05, 0.1) is 11.1 Å². The van der Waals surface area contributed by atoms with Crippen LogP contribution in [0.15, 0.2) is 30.6 Å². The third-order valence-electron chi connectivity index (χ3n) is 2.46. The normalized spacial score (nSPS) is 11.3. The van der Waals surface area contributed by atoms with E-state index in [-0.39, 0.29) is 16.0 Å². The van der Waals surface area contributed by atoms with Crippen molar-refractivity contribution < 1.29 is 18.0 Å². The zero-order chi connectivity index (χ0) is 15.6. The van der Waals surface area contributed by atoms with Crippen molar-refractivity contribution in [1.82, 2.24) is 9.97 Å². The Morgan fingerprint density at radius 2 is 1.81 bits per heavy atom. The molecule has 0 bridgehead atoms. The monoisotopic (exact) mass is 335 g/mol. The van der Waals surface area contributed by atoms with Crippen molar-refractivity contribution in [3.8, 4) is 0 Å². The molecule has 0 unspecified atom stereocenters. The summed E-state index contributed by atoms with van der Waals surface area (Å²) in [4.78, 5) is 19.2. The van der Waals surface area contributed by atoms with Gasteiger partial charge in [-0.2, -0.15) is 13.2 Å². The number of nitrogens with zero attached hydrogens (tertiary/aromatic N) is 2. The maximum atomic E-state index is 12.8. The maximum Gasteiger partial charge on any atom is 0.417 e. The summed E-state index contributed by atoms with van der Waals surface area (Å²) in [5, 5.41) is 1.90. The highest BCUT2D eigenvalue weighted by molar-refractivity contribution is 6.43. The maximum absolute atomic E-state index is 12.8. The number of carbonyl (C=O) groups is 1. The van der Waals surface area contributed by atoms with Crippen LogP contribution in [0.25, 0.3) is 0 Å². The van der Waals surface area contributed by atoms with E-state index >= 15 is 0 Å². The van der Waals surface area contributed by atoms with Gasteiger partial charge >= 0.3 is 6.18 Å². The lowest BCUT2D eigenvalue weighted by Gasteiger charge is -2.12. The van der Waals surface area contributed by atoms with Crippen LogP contribution in [0.5, 0.6) is 0 Å². The van der Waals surface area contributed by atoms with Crippen LogP contribution in [0.3, 0.4) is 0 Å². The van der Waals surface area contributed by atoms with Crippen molar-refractivity contribution in [2.24, 2.45) is 0 Å². The molecule has 0 aliphatic rings. The molecule has 1 aromatic carbocycles. The van der Waals surface area contributed by atoms with Crippen LogP contribution >= 0.6 is 23.2 Å². The number of hydrogen-bond acceptors (Lipinski definition) is 3. The van der Waals surface area contributed by atoms with Crippen LogP contribution in [0.2, 0.25) is 10.2 Å². The van der Waals surface area contributed by atoms with Gasteiger partial charge in [0.2, 0.25) is 0 Å². The summed E-state index contributed by atoms with van der Waals surface area (Å²) in [6.45, 7) is 0. The van der Waals surface area contributed by atoms with Gasteiger partial charge in [0.1, 0.15) is 11.3 Å². The lowest BCUT2D eigenvalue weighted by atomic mass is 10.1. The predicted octanol–water partition coefficient (Wildman–Crippen LogP) is 4.05. The molecule has 1 N–H and O–H groups in total. The van der Waals surface area contributed by atoms with Gasteiger partial charge < -0.3 is 5.32 Å². The molecule has 0 atom stereocenters. The van der Waals surface area contributed by atoms with Crippen molar-refractivity contribution in [2.45, 2.75) is 6.18 Å². The van der Waals surface area contributed by atoms with Gasteiger partial charge in [-0.1, -0.05) is 35.3 Å². The first kappa shape index (κ1) is 15.5. The molecule has 110 valence electrons. The van der Waals surface area contributed by atoms with Gasteiger partial charge in [-0.15, -0.1) is 0 Å². The minimum absolute atomic E-state index is 0.119. The molecular formula is C12H6Cl2F3N3O. The summed E-state index contributed by atoms with van der Waals surface area (Å²) in [7, 11) is 0. The van der Waals surface area contributed by atoms with Crippen molar-refractivity contribution >= 4 is 34.9 Å². The van der Waals surface area contributed by atoms with E-state index in [2.05, 4.69) is 15.3 Å². The van der Waals surface area contributed by atoms with Crippen molar-refractivity contribution in [1.29, 1.82) is 0 Å². The molecule has 2 aromatic rings. The van der Waals surface area contributed by atoms with Gasteiger partial charge in [-0.05, 0) is 12.1 Å². The first-order valence-corrected chi connectivity index (χ1v) is 6.20. The Balaban J connectivity index is 2.36. The number of anilines is 1. The van der Waals surface area contributed by atoms with E-state index in [9.17, 15) is 18.0 Å². The van der Waals surface area contributed by atoms with Crippen molar-refractivity contribution in [3.05, 3.63) is 51.9 Å². The molecule has 0 radical (unpaired) electrons. The van der Waals surface area contributed by atoms with E-state index in [1.807, 2.05) is 0 Å². The Bertz CT molecular complexity index is 692. The topological polar surface area (TPSA) is 54.9 Å². The molecule has 0 saturated carbocycles. The second kappa shape index (κ2) is 5.87. The highest BCUT2D eigenvalue weighted by Gasteiger charge is 2.35. The summed E-state index contributed by atoms with van der Waals surface area (Å²) in [5.41, 5.74) is -1.60. The molecule has 2 rings (SSSR count). The molecule has 0 aliphatic carbocycles. The van der Waals surface area contributed by atoms with E-state index in [1.165, 1.54) is 12.1 Å². The van der Waals surface area contributed by atoms with Crippen LogP contribution in [0.1, 0.15) is 15.9 Å². The quantitative estimate of drug-likeness (QED) is 0.842. The first-order valence-electron chi connectivity index (χ1n) is 5.44. The number of alkyl halides is 3. The molecule has 0 aliphatic heterocycles. The Kier molecular flexibility index (Phi) is 4.34. The number of halogens is 5. The Hall–Kier alpha value is -1.86. The van der Waals surface area contributed by atoms with E-state index < -0.39 is 23.2 Å². The van der Waals surface area contributed by atoms with Crippen molar-refractivity contribution in [3.63, 3.8) is 0 Å². The minimum Gasteiger partial charge on any atom is -0.305 e. The molecule has 0 fully saturated rings. The molecule has 4 nitrogen and oxygen atoms in total. The number of carbonyl (C=O) groups excluding carboxylic acids is 1. The van der Waals surface area contributed by atoms with Gasteiger partial charge in [0, 0.05) is 0 Å². The first-order chi connectivity index (χ1) is 9.80. The van der Waals surface area contributed by atoms with E-state index in [0.717, 1.165) is 18.5 Å². The molecule has 1 heterocycles. The summed E-state index contributed by atoms with van der Waals surface area (Å²) < 4.78 is 38.5. The highest BCUT2D eigenvalue weighted by atomic mass is 35.5. The van der Waals surface area contributed by atoms with Crippen molar-refractivity contribution in [2.75, 3.05) is 5.32 Å². The van der Waals surface area contributed by atoms with Gasteiger partial charge in [-0.25, -0.2) is 9.97 Å². The summed E-state index contributed by atoms with van der Waals surface area (Å²) in [6.07, 6.45) is -3.62. The summed E-state index contributed by atoms with van der Waals surface area (Å²) in [5.74, 6) is -1.17. The molecule has 21 heavy (non-hydrogen) atoms. The highest BCUT2D eigenvalue weighted by Crippen LogP contribution is 2.32. The predicted molar refractivity (Wildman–Crippen MR) is 71.4 cm³/mol. The molecule has 9 heteroatoms. The lowest BCUT2D eigenvalue weighted by Crippen LogP contribution is -2.19. The van der Waals surface area contributed by atoms with Gasteiger partial charge in [0.15, 0.2) is 11.0 Å². The summed E-state index contributed by atoms with van der Waals surface area (Å²) in [6, 6.07) is 4.37. The molecule has 0 saturated heterocycles. The summed E-state index contributed by atoms with van der Waals surface area (Å²) >= 11 is 11.4.